The molecule has 160 valence electrons. The van der Waals surface area contributed by atoms with Gasteiger partial charge in [-0.25, -0.2) is 8.78 Å². The highest BCUT2D eigenvalue weighted by Gasteiger charge is 2.47. The Labute approximate surface area is 180 Å². The lowest BCUT2D eigenvalue weighted by Gasteiger charge is -2.40. The van der Waals surface area contributed by atoms with Crippen molar-refractivity contribution in [2.24, 2.45) is 0 Å². The fraction of sp³-hybridized carbons (Fsp3) is 0.435. The molecule has 2 aliphatic heterocycles. The van der Waals surface area contributed by atoms with E-state index in [0.29, 0.717) is 30.5 Å². The highest BCUT2D eigenvalue weighted by molar-refractivity contribution is 6.30. The number of benzene rings is 2. The van der Waals surface area contributed by atoms with Gasteiger partial charge in [0.05, 0.1) is 6.61 Å². The number of hydrogen-bond donors (Lipinski definition) is 0. The maximum absolute atomic E-state index is 14.3. The lowest BCUT2D eigenvalue weighted by Crippen LogP contribution is -2.47. The third-order valence-corrected chi connectivity index (χ3v) is 6.51. The van der Waals surface area contributed by atoms with E-state index in [-0.39, 0.29) is 5.41 Å². The van der Waals surface area contributed by atoms with E-state index in [1.54, 1.807) is 12.1 Å². The van der Waals surface area contributed by atoms with Gasteiger partial charge in [-0.05, 0) is 68.8 Å². The average Bonchev–Trinajstić information content (AvgIpc) is 3.03. The number of rotatable bonds is 5. The molecular weight excluding hydrogens is 410 g/mol. The SMILES string of the molecule is CCOCCN1CCC2(CC1)CN(C(=O)c1c(F)cccc1F)c1ccc(Cl)cc12. The number of carbonyl (C=O) groups excluding carboxylic acids is 1. The maximum atomic E-state index is 14.3. The number of likely N-dealkylation sites (tertiary alicyclic amines) is 1. The Morgan fingerprint density at radius 1 is 1.17 bits per heavy atom. The van der Waals surface area contributed by atoms with Gasteiger partial charge < -0.3 is 14.5 Å². The van der Waals surface area contributed by atoms with Gasteiger partial charge in [-0.2, -0.15) is 0 Å². The van der Waals surface area contributed by atoms with Crippen LogP contribution in [0.25, 0.3) is 0 Å². The Bertz CT molecular complexity index is 925. The van der Waals surface area contributed by atoms with E-state index in [1.807, 2.05) is 13.0 Å². The van der Waals surface area contributed by atoms with Crippen LogP contribution >= 0.6 is 11.6 Å². The van der Waals surface area contributed by atoms with Gasteiger partial charge >= 0.3 is 0 Å². The van der Waals surface area contributed by atoms with Crippen molar-refractivity contribution in [2.45, 2.75) is 25.2 Å². The first kappa shape index (κ1) is 21.2. The molecule has 4 nitrogen and oxygen atoms in total. The van der Waals surface area contributed by atoms with Crippen molar-refractivity contribution in [1.29, 1.82) is 0 Å². The number of fused-ring (bicyclic) bond motifs is 2. The van der Waals surface area contributed by atoms with E-state index in [0.717, 1.165) is 50.2 Å². The molecule has 1 fully saturated rings. The molecule has 2 aromatic rings. The Kier molecular flexibility index (Phi) is 6.09. The second-order valence-electron chi connectivity index (χ2n) is 7.97. The molecule has 0 atom stereocenters. The predicted molar refractivity (Wildman–Crippen MR) is 113 cm³/mol. The smallest absolute Gasteiger partial charge is 0.264 e. The quantitative estimate of drug-likeness (QED) is 0.642. The summed E-state index contributed by atoms with van der Waals surface area (Å²) in [6.07, 6.45) is 1.69. The molecule has 2 heterocycles. The summed E-state index contributed by atoms with van der Waals surface area (Å²) in [5.74, 6) is -2.34. The Hall–Kier alpha value is -2.02. The minimum absolute atomic E-state index is 0.264. The molecule has 7 heteroatoms. The minimum Gasteiger partial charge on any atom is -0.380 e. The van der Waals surface area contributed by atoms with Crippen molar-refractivity contribution in [3.63, 3.8) is 0 Å². The van der Waals surface area contributed by atoms with Gasteiger partial charge in [0.15, 0.2) is 0 Å². The zero-order valence-corrected chi connectivity index (χ0v) is 17.7. The molecular formula is C23H25ClF2N2O2. The standard InChI is InChI=1S/C23H25ClF2N2O2/c1-2-30-13-12-27-10-8-23(9-11-27)15-28(20-7-6-16(24)14-17(20)23)22(29)21-18(25)4-3-5-19(21)26/h3-7,14H,2,8-13,15H2,1H3. The van der Waals surface area contributed by atoms with E-state index in [9.17, 15) is 13.6 Å². The molecule has 4 rings (SSSR count). The molecule has 0 bridgehead atoms. The lowest BCUT2D eigenvalue weighted by molar-refractivity contribution is 0.0887. The van der Waals surface area contributed by atoms with Gasteiger partial charge in [0.25, 0.3) is 5.91 Å². The summed E-state index contributed by atoms with van der Waals surface area (Å²) >= 11 is 6.28. The number of carbonyl (C=O) groups is 1. The predicted octanol–water partition coefficient (Wildman–Crippen LogP) is 4.65. The van der Waals surface area contributed by atoms with Crippen LogP contribution in [0.1, 0.15) is 35.7 Å². The summed E-state index contributed by atoms with van der Waals surface area (Å²) in [6, 6.07) is 8.89. The molecule has 0 aromatic heterocycles. The summed E-state index contributed by atoms with van der Waals surface area (Å²) in [7, 11) is 0. The lowest BCUT2D eigenvalue weighted by atomic mass is 9.74. The highest BCUT2D eigenvalue weighted by Crippen LogP contribution is 2.48. The first-order chi connectivity index (χ1) is 14.4. The largest absolute Gasteiger partial charge is 0.380 e. The van der Waals surface area contributed by atoms with Crippen LogP contribution in [0.15, 0.2) is 36.4 Å². The molecule has 0 aliphatic carbocycles. The molecule has 30 heavy (non-hydrogen) atoms. The second kappa shape index (κ2) is 8.61. The molecule has 0 radical (unpaired) electrons. The van der Waals surface area contributed by atoms with Crippen LogP contribution in [0.4, 0.5) is 14.5 Å². The Morgan fingerprint density at radius 3 is 2.53 bits per heavy atom. The molecule has 2 aliphatic rings. The Balaban J connectivity index is 1.62. The summed E-state index contributed by atoms with van der Waals surface area (Å²) < 4.78 is 34.1. The highest BCUT2D eigenvalue weighted by atomic mass is 35.5. The first-order valence-corrected chi connectivity index (χ1v) is 10.7. The first-order valence-electron chi connectivity index (χ1n) is 10.3. The Morgan fingerprint density at radius 2 is 1.87 bits per heavy atom. The summed E-state index contributed by atoms with van der Waals surface area (Å²) in [5, 5.41) is 0.596. The third-order valence-electron chi connectivity index (χ3n) is 6.27. The van der Waals surface area contributed by atoms with E-state index in [4.69, 9.17) is 16.3 Å². The van der Waals surface area contributed by atoms with E-state index in [1.165, 1.54) is 11.0 Å². The molecule has 1 spiro atoms. The zero-order chi connectivity index (χ0) is 21.3. The maximum Gasteiger partial charge on any atom is 0.264 e. The van der Waals surface area contributed by atoms with Crippen molar-refractivity contribution in [3.05, 3.63) is 64.2 Å². The number of hydrogen-bond acceptors (Lipinski definition) is 3. The normalized spacial score (nSPS) is 18.1. The second-order valence-corrected chi connectivity index (χ2v) is 8.40. The fourth-order valence-corrected chi connectivity index (χ4v) is 4.80. The number of amides is 1. The van der Waals surface area contributed by atoms with Gasteiger partial charge in [-0.15, -0.1) is 0 Å². The van der Waals surface area contributed by atoms with Crippen molar-refractivity contribution in [3.8, 4) is 0 Å². The number of anilines is 1. The van der Waals surface area contributed by atoms with Gasteiger partial charge in [0.1, 0.15) is 17.2 Å². The van der Waals surface area contributed by atoms with Crippen molar-refractivity contribution < 1.29 is 18.3 Å². The molecule has 1 amide bonds. The molecule has 1 saturated heterocycles. The fourth-order valence-electron chi connectivity index (χ4n) is 4.63. The van der Waals surface area contributed by atoms with E-state index >= 15 is 0 Å². The number of piperidine rings is 1. The molecule has 0 unspecified atom stereocenters. The van der Waals surface area contributed by atoms with Crippen LogP contribution in [0.3, 0.4) is 0 Å². The van der Waals surface area contributed by atoms with E-state index in [2.05, 4.69) is 4.90 Å². The molecule has 2 aromatic carbocycles. The van der Waals surface area contributed by atoms with Crippen LogP contribution in [0, 0.1) is 11.6 Å². The minimum atomic E-state index is -0.845. The van der Waals surface area contributed by atoms with Crippen molar-refractivity contribution >= 4 is 23.2 Å². The van der Waals surface area contributed by atoms with Crippen molar-refractivity contribution in [2.75, 3.05) is 44.3 Å². The summed E-state index contributed by atoms with van der Waals surface area (Å²) in [4.78, 5) is 17.1. The topological polar surface area (TPSA) is 32.8 Å². The van der Waals surface area contributed by atoms with Gasteiger partial charge in [-0.3, -0.25) is 4.79 Å². The summed E-state index contributed by atoms with van der Waals surface area (Å²) in [6.45, 7) is 6.39. The van der Waals surface area contributed by atoms with Crippen LogP contribution in [0.5, 0.6) is 0 Å². The molecule has 0 saturated carbocycles. The van der Waals surface area contributed by atoms with Gasteiger partial charge in [0, 0.05) is 35.8 Å². The van der Waals surface area contributed by atoms with Crippen molar-refractivity contribution in [1.82, 2.24) is 4.90 Å². The number of halogens is 3. The van der Waals surface area contributed by atoms with Crippen LogP contribution < -0.4 is 4.90 Å². The molecule has 0 N–H and O–H groups in total. The zero-order valence-electron chi connectivity index (χ0n) is 17.0. The van der Waals surface area contributed by atoms with Crippen LogP contribution in [0.2, 0.25) is 5.02 Å². The summed E-state index contributed by atoms with van der Waals surface area (Å²) in [5.41, 5.74) is 0.906. The number of nitrogens with zero attached hydrogens (tertiary/aromatic N) is 2. The van der Waals surface area contributed by atoms with Gasteiger partial charge in [-0.1, -0.05) is 17.7 Å². The van der Waals surface area contributed by atoms with Gasteiger partial charge in [0.2, 0.25) is 0 Å². The van der Waals surface area contributed by atoms with Crippen LogP contribution in [-0.2, 0) is 10.2 Å². The van der Waals surface area contributed by atoms with E-state index < -0.39 is 23.1 Å². The number of ether oxygens (including phenoxy) is 1. The van der Waals surface area contributed by atoms with Crippen LogP contribution in [-0.4, -0.2) is 50.2 Å². The average molecular weight is 435 g/mol. The monoisotopic (exact) mass is 434 g/mol. The third kappa shape index (κ3) is 3.84.